The average Bonchev–Trinajstić information content (AvgIpc) is 2.83. The summed E-state index contributed by atoms with van der Waals surface area (Å²) in [6.45, 7) is 8.56. The molecule has 0 bridgehead atoms. The molecule has 0 saturated carbocycles. The van der Waals surface area contributed by atoms with Gasteiger partial charge in [0.05, 0.1) is 25.4 Å². The van der Waals surface area contributed by atoms with Gasteiger partial charge in [-0.25, -0.2) is 0 Å². The van der Waals surface area contributed by atoms with Gasteiger partial charge in [0.1, 0.15) is 0 Å². The third-order valence-electron chi connectivity index (χ3n) is 6.72. The molecule has 0 fully saturated rings. The number of hydrogen-bond donors (Lipinski definition) is 3. The van der Waals surface area contributed by atoms with Crippen molar-refractivity contribution in [1.82, 2.24) is 19.6 Å². The minimum absolute atomic E-state index is 0.370. The van der Waals surface area contributed by atoms with Gasteiger partial charge in [0, 0.05) is 19.8 Å². The molecular weight excluding hydrogens is 482 g/mol. The number of hydrogen-bond acceptors (Lipinski definition) is 9. The van der Waals surface area contributed by atoms with E-state index in [4.69, 9.17) is 15.2 Å². The van der Waals surface area contributed by atoms with Crippen LogP contribution in [0, 0.1) is 5.92 Å². The first-order valence-corrected chi connectivity index (χ1v) is 15.0. The number of nitrogens with two attached hydrogens (primary N) is 1. The molecule has 0 aliphatic rings. The zero-order valence-electron chi connectivity index (χ0n) is 26.0. The quantitative estimate of drug-likeness (QED) is 0.127. The van der Waals surface area contributed by atoms with E-state index in [-0.39, 0.29) is 0 Å². The minimum atomic E-state index is -0.468. The van der Waals surface area contributed by atoms with Crippen LogP contribution >= 0.6 is 0 Å². The molecule has 4 N–H and O–H groups in total. The Morgan fingerprint density at radius 1 is 0.605 bits per heavy atom. The largest absolute Gasteiger partial charge is 0.391 e. The summed E-state index contributed by atoms with van der Waals surface area (Å²) in [4.78, 5) is 8.98. The van der Waals surface area contributed by atoms with Gasteiger partial charge in [0.25, 0.3) is 0 Å². The van der Waals surface area contributed by atoms with Crippen molar-refractivity contribution in [2.45, 2.75) is 70.0 Å². The third kappa shape index (κ3) is 25.9. The highest BCUT2D eigenvalue weighted by Crippen LogP contribution is 2.20. The number of ether oxygens (including phenoxy) is 2. The van der Waals surface area contributed by atoms with E-state index in [9.17, 15) is 10.2 Å². The predicted octanol–water partition coefficient (Wildman–Crippen LogP) is 1.81. The van der Waals surface area contributed by atoms with Gasteiger partial charge in [0.2, 0.25) is 0 Å². The molecule has 0 heterocycles. The first-order valence-electron chi connectivity index (χ1n) is 15.0. The molecule has 0 spiro atoms. The summed E-state index contributed by atoms with van der Waals surface area (Å²) < 4.78 is 11.5. The van der Waals surface area contributed by atoms with Gasteiger partial charge < -0.3 is 45.0 Å². The molecule has 0 saturated heterocycles. The molecular formula is C29H65N5O4. The van der Waals surface area contributed by atoms with E-state index < -0.39 is 12.2 Å². The molecule has 0 radical (unpaired) electrons. The van der Waals surface area contributed by atoms with Crippen LogP contribution in [-0.4, -0.2) is 157 Å². The molecule has 38 heavy (non-hydrogen) atoms. The van der Waals surface area contributed by atoms with E-state index in [1.807, 2.05) is 0 Å². The van der Waals surface area contributed by atoms with Crippen molar-refractivity contribution in [3.05, 3.63) is 0 Å². The molecule has 0 aromatic rings. The van der Waals surface area contributed by atoms with Crippen molar-refractivity contribution in [3.8, 4) is 0 Å². The topological polar surface area (TPSA) is 97.9 Å². The molecule has 0 aromatic heterocycles. The van der Waals surface area contributed by atoms with Crippen LogP contribution in [0.1, 0.15) is 57.8 Å². The van der Waals surface area contributed by atoms with Crippen LogP contribution < -0.4 is 5.73 Å². The van der Waals surface area contributed by atoms with Crippen molar-refractivity contribution < 1.29 is 19.7 Å². The third-order valence-corrected chi connectivity index (χ3v) is 6.72. The summed E-state index contributed by atoms with van der Waals surface area (Å²) in [5.41, 5.74) is 5.70. The van der Waals surface area contributed by atoms with Crippen molar-refractivity contribution in [2.24, 2.45) is 11.7 Å². The summed E-state index contributed by atoms with van der Waals surface area (Å²) in [5, 5.41) is 20.9. The second-order valence-electron chi connectivity index (χ2n) is 11.8. The van der Waals surface area contributed by atoms with Gasteiger partial charge in [-0.05, 0) is 145 Å². The van der Waals surface area contributed by atoms with Crippen molar-refractivity contribution in [2.75, 3.05) is 115 Å². The lowest BCUT2D eigenvalue weighted by molar-refractivity contribution is 0.00586. The summed E-state index contributed by atoms with van der Waals surface area (Å²) in [5.74, 6) is 0.508. The van der Waals surface area contributed by atoms with Crippen LogP contribution in [-0.2, 0) is 9.47 Å². The van der Waals surface area contributed by atoms with Gasteiger partial charge >= 0.3 is 0 Å². The van der Waals surface area contributed by atoms with Crippen molar-refractivity contribution in [3.63, 3.8) is 0 Å². The van der Waals surface area contributed by atoms with Gasteiger partial charge in [-0.1, -0.05) is 0 Å². The zero-order chi connectivity index (χ0) is 28.6. The van der Waals surface area contributed by atoms with Crippen LogP contribution in [0.3, 0.4) is 0 Å². The first-order chi connectivity index (χ1) is 18.1. The summed E-state index contributed by atoms with van der Waals surface area (Å²) >= 11 is 0. The Kier molecular flexibility index (Phi) is 25.4. The molecule has 230 valence electrons. The van der Waals surface area contributed by atoms with E-state index in [1.165, 1.54) is 0 Å². The van der Waals surface area contributed by atoms with E-state index in [0.29, 0.717) is 45.4 Å². The molecule has 0 rings (SSSR count). The maximum atomic E-state index is 10.5. The van der Waals surface area contributed by atoms with E-state index >= 15 is 0 Å². The normalized spacial score (nSPS) is 14.8. The molecule has 0 aliphatic carbocycles. The van der Waals surface area contributed by atoms with Crippen LogP contribution in [0.25, 0.3) is 0 Å². The number of unbranched alkanes of at least 4 members (excludes halogenated alkanes) is 1. The Balaban J connectivity index is 4.00. The highest BCUT2D eigenvalue weighted by molar-refractivity contribution is 4.68. The highest BCUT2D eigenvalue weighted by Gasteiger charge is 2.15. The number of aliphatic hydroxyl groups is 2. The van der Waals surface area contributed by atoms with Gasteiger partial charge in [0.15, 0.2) is 0 Å². The molecule has 0 amide bonds. The van der Waals surface area contributed by atoms with Gasteiger partial charge in [-0.2, -0.15) is 0 Å². The maximum absolute atomic E-state index is 10.5. The van der Waals surface area contributed by atoms with Crippen LogP contribution in [0.5, 0.6) is 0 Å². The second kappa shape index (κ2) is 25.6. The lowest BCUT2D eigenvalue weighted by Gasteiger charge is -2.26. The van der Waals surface area contributed by atoms with Gasteiger partial charge in [-0.3, -0.25) is 0 Å². The van der Waals surface area contributed by atoms with E-state index in [0.717, 1.165) is 90.5 Å². The number of nitrogens with zero attached hydrogens (tertiary/aromatic N) is 4. The standard InChI is InChI=1S/C29H65N5O4/c1-31(2)16-10-14-27(13-9-15-30)23-28(35)25-37-21-7-8-22-38-26-29(36)24-34(19-11-17-32(3)4)20-12-18-33(5)6/h27-29,35-36H,7-26,30H2,1-6H3. The lowest BCUT2D eigenvalue weighted by atomic mass is 9.91. The fourth-order valence-corrected chi connectivity index (χ4v) is 4.65. The number of aliphatic hydroxyl groups excluding tert-OH is 2. The Morgan fingerprint density at radius 3 is 1.58 bits per heavy atom. The first kappa shape index (κ1) is 37.6. The van der Waals surface area contributed by atoms with Gasteiger partial charge in [-0.15, -0.1) is 0 Å². The summed E-state index contributed by atoms with van der Waals surface area (Å²) in [7, 11) is 12.6. The zero-order valence-corrected chi connectivity index (χ0v) is 26.0. The Bertz CT molecular complexity index is 486. The fourth-order valence-electron chi connectivity index (χ4n) is 4.65. The SMILES string of the molecule is CN(C)CCCC(CCCN)CC(O)COCCCCOCC(O)CN(CCCN(C)C)CCCN(C)C. The molecule has 9 nitrogen and oxygen atoms in total. The predicted molar refractivity (Wildman–Crippen MR) is 160 cm³/mol. The van der Waals surface area contributed by atoms with E-state index in [1.54, 1.807) is 0 Å². The maximum Gasteiger partial charge on any atom is 0.0900 e. The molecule has 9 heteroatoms. The highest BCUT2D eigenvalue weighted by atomic mass is 16.5. The van der Waals surface area contributed by atoms with Crippen molar-refractivity contribution in [1.29, 1.82) is 0 Å². The fraction of sp³-hybridized carbons (Fsp3) is 1.00. The van der Waals surface area contributed by atoms with Crippen LogP contribution in [0.4, 0.5) is 0 Å². The Morgan fingerprint density at radius 2 is 1.08 bits per heavy atom. The molecule has 0 aliphatic heterocycles. The summed E-state index contributed by atoms with van der Waals surface area (Å²) in [6.07, 6.45) is 8.25. The lowest BCUT2D eigenvalue weighted by Crippen LogP contribution is -2.38. The number of rotatable bonds is 28. The van der Waals surface area contributed by atoms with Crippen molar-refractivity contribution >= 4 is 0 Å². The molecule has 3 unspecified atom stereocenters. The average molecular weight is 548 g/mol. The Hall–Kier alpha value is -0.360. The van der Waals surface area contributed by atoms with Crippen LogP contribution in [0.2, 0.25) is 0 Å². The monoisotopic (exact) mass is 548 g/mol. The minimum Gasteiger partial charge on any atom is -0.391 e. The Labute approximate surface area is 235 Å². The van der Waals surface area contributed by atoms with Crippen LogP contribution in [0.15, 0.2) is 0 Å². The summed E-state index contributed by atoms with van der Waals surface area (Å²) in [6, 6.07) is 0. The van der Waals surface area contributed by atoms with E-state index in [2.05, 4.69) is 61.9 Å². The molecule has 0 aromatic carbocycles. The second-order valence-corrected chi connectivity index (χ2v) is 11.8. The molecule has 3 atom stereocenters. The smallest absolute Gasteiger partial charge is 0.0900 e.